The fourth-order valence-corrected chi connectivity index (χ4v) is 4.07. The van der Waals surface area contributed by atoms with Crippen molar-refractivity contribution in [2.45, 2.75) is 57.4 Å². The van der Waals surface area contributed by atoms with E-state index in [1.165, 1.54) is 32.1 Å². The van der Waals surface area contributed by atoms with Crippen molar-refractivity contribution in [3.05, 3.63) is 29.8 Å². The molecule has 1 aromatic carbocycles. The van der Waals surface area contributed by atoms with E-state index in [-0.39, 0.29) is 6.03 Å². The largest absolute Gasteiger partial charge is 0.369 e. The number of nitriles is 1. The first-order chi connectivity index (χ1) is 12.8. The van der Waals surface area contributed by atoms with Gasteiger partial charge in [0.2, 0.25) is 0 Å². The third-order valence-electron chi connectivity index (χ3n) is 5.58. The van der Waals surface area contributed by atoms with Crippen molar-refractivity contribution in [1.82, 2.24) is 10.2 Å². The van der Waals surface area contributed by atoms with E-state index in [1.54, 1.807) is 0 Å². The van der Waals surface area contributed by atoms with Gasteiger partial charge in [-0.2, -0.15) is 5.26 Å². The van der Waals surface area contributed by atoms with Crippen molar-refractivity contribution < 1.29 is 4.79 Å². The molecule has 26 heavy (non-hydrogen) atoms. The van der Waals surface area contributed by atoms with Gasteiger partial charge in [0.05, 0.1) is 11.3 Å². The minimum absolute atomic E-state index is 0.0889. The molecule has 1 N–H and O–H groups in total. The number of hydrogen-bond donors (Lipinski definition) is 1. The van der Waals surface area contributed by atoms with E-state index in [0.29, 0.717) is 18.2 Å². The summed E-state index contributed by atoms with van der Waals surface area (Å²) in [6, 6.07) is 10.4. The molecule has 0 spiro atoms. The third-order valence-corrected chi connectivity index (χ3v) is 5.58. The maximum atomic E-state index is 12.7. The summed E-state index contributed by atoms with van der Waals surface area (Å²) in [5, 5.41) is 12.6. The summed E-state index contributed by atoms with van der Waals surface area (Å²) in [5.41, 5.74) is 1.69. The van der Waals surface area contributed by atoms with Crippen LogP contribution in [0.15, 0.2) is 24.3 Å². The van der Waals surface area contributed by atoms with Crippen molar-refractivity contribution in [3.8, 4) is 6.07 Å². The topological polar surface area (TPSA) is 59.4 Å². The van der Waals surface area contributed by atoms with Gasteiger partial charge >= 0.3 is 6.03 Å². The highest BCUT2D eigenvalue weighted by molar-refractivity contribution is 5.74. The molecule has 1 aliphatic carbocycles. The number of carbonyl (C=O) groups excluding carboxylic acids is 1. The van der Waals surface area contributed by atoms with Crippen LogP contribution >= 0.6 is 0 Å². The first-order valence-electron chi connectivity index (χ1n) is 10.1. The summed E-state index contributed by atoms with van der Waals surface area (Å²) in [4.78, 5) is 16.9. The lowest BCUT2D eigenvalue weighted by Crippen LogP contribution is -2.46. The molecule has 0 unspecified atom stereocenters. The molecule has 2 aliphatic rings. The van der Waals surface area contributed by atoms with E-state index in [0.717, 1.165) is 44.6 Å². The fraction of sp³-hybridized carbons (Fsp3) is 0.619. The quantitative estimate of drug-likeness (QED) is 0.876. The highest BCUT2D eigenvalue weighted by atomic mass is 16.2. The van der Waals surface area contributed by atoms with Crippen LogP contribution in [0.4, 0.5) is 10.5 Å². The van der Waals surface area contributed by atoms with Crippen LogP contribution in [0.5, 0.6) is 0 Å². The minimum Gasteiger partial charge on any atom is -0.369 e. The van der Waals surface area contributed by atoms with Gasteiger partial charge in [-0.1, -0.05) is 44.2 Å². The average molecular weight is 354 g/mol. The standard InChI is InChI=1S/C21H30N4O/c22-17-18-9-6-7-12-20(18)24-13-8-14-25(16-15-24)21(26)23-19-10-4-2-1-3-5-11-19/h6-7,9,12,19H,1-5,8,10-11,13-16H2,(H,23,26). The molecule has 2 amide bonds. The second kappa shape index (κ2) is 9.47. The van der Waals surface area contributed by atoms with E-state index < -0.39 is 0 Å². The monoisotopic (exact) mass is 354 g/mol. The third kappa shape index (κ3) is 4.91. The Bertz CT molecular complexity index is 631. The first kappa shape index (κ1) is 18.6. The lowest BCUT2D eigenvalue weighted by Gasteiger charge is -2.27. The van der Waals surface area contributed by atoms with Gasteiger partial charge in [0.25, 0.3) is 0 Å². The number of nitrogens with one attached hydrogen (secondary N) is 1. The number of urea groups is 1. The molecule has 1 saturated heterocycles. The summed E-state index contributed by atoms with van der Waals surface area (Å²) in [6.45, 7) is 3.14. The molecule has 1 aromatic rings. The van der Waals surface area contributed by atoms with Gasteiger partial charge in [0, 0.05) is 32.2 Å². The Morgan fingerprint density at radius 2 is 1.69 bits per heavy atom. The van der Waals surface area contributed by atoms with Crippen molar-refractivity contribution >= 4 is 11.7 Å². The first-order valence-corrected chi connectivity index (χ1v) is 10.1. The summed E-state index contributed by atoms with van der Waals surface area (Å²) in [7, 11) is 0. The Kier molecular flexibility index (Phi) is 6.76. The van der Waals surface area contributed by atoms with Crippen LogP contribution in [0, 0.1) is 11.3 Å². The van der Waals surface area contributed by atoms with Crippen LogP contribution in [-0.4, -0.2) is 43.2 Å². The molecule has 140 valence electrons. The van der Waals surface area contributed by atoms with Crippen molar-refractivity contribution in [2.24, 2.45) is 0 Å². The molecule has 0 bridgehead atoms. The van der Waals surface area contributed by atoms with Crippen LogP contribution in [0.3, 0.4) is 0 Å². The number of benzene rings is 1. The molecule has 0 radical (unpaired) electrons. The van der Waals surface area contributed by atoms with Crippen LogP contribution in [0.2, 0.25) is 0 Å². The van der Waals surface area contributed by atoms with Gasteiger partial charge in [0.15, 0.2) is 0 Å². The van der Waals surface area contributed by atoms with Crippen molar-refractivity contribution in [2.75, 3.05) is 31.1 Å². The molecule has 5 nitrogen and oxygen atoms in total. The smallest absolute Gasteiger partial charge is 0.317 e. The van der Waals surface area contributed by atoms with E-state index in [4.69, 9.17) is 0 Å². The van der Waals surface area contributed by atoms with Crippen LogP contribution in [0.25, 0.3) is 0 Å². The van der Waals surface area contributed by atoms with Crippen molar-refractivity contribution in [3.63, 3.8) is 0 Å². The fourth-order valence-electron chi connectivity index (χ4n) is 4.07. The predicted molar refractivity (Wildman–Crippen MR) is 104 cm³/mol. The van der Waals surface area contributed by atoms with Gasteiger partial charge in [-0.3, -0.25) is 0 Å². The number of carbonyl (C=O) groups is 1. The van der Waals surface area contributed by atoms with Gasteiger partial charge in [-0.25, -0.2) is 4.79 Å². The summed E-state index contributed by atoms with van der Waals surface area (Å²) < 4.78 is 0. The SMILES string of the molecule is N#Cc1ccccc1N1CCCN(C(=O)NC2CCCCCCC2)CC1. The van der Waals surface area contributed by atoms with Gasteiger partial charge in [-0.05, 0) is 31.4 Å². The van der Waals surface area contributed by atoms with Crippen LogP contribution in [-0.2, 0) is 0 Å². The number of rotatable bonds is 2. The number of hydrogen-bond acceptors (Lipinski definition) is 3. The zero-order valence-electron chi connectivity index (χ0n) is 15.6. The maximum absolute atomic E-state index is 12.7. The molecule has 1 heterocycles. The lowest BCUT2D eigenvalue weighted by molar-refractivity contribution is 0.194. The second-order valence-electron chi connectivity index (χ2n) is 7.45. The Balaban J connectivity index is 1.56. The van der Waals surface area contributed by atoms with E-state index >= 15 is 0 Å². The molecule has 0 atom stereocenters. The highest BCUT2D eigenvalue weighted by Gasteiger charge is 2.22. The van der Waals surface area contributed by atoms with E-state index in [9.17, 15) is 10.1 Å². The molecule has 5 heteroatoms. The zero-order valence-corrected chi connectivity index (χ0v) is 15.6. The Morgan fingerprint density at radius 3 is 2.46 bits per heavy atom. The second-order valence-corrected chi connectivity index (χ2v) is 7.45. The summed E-state index contributed by atoms with van der Waals surface area (Å²) in [6.07, 6.45) is 9.53. The molecule has 0 aromatic heterocycles. The van der Waals surface area contributed by atoms with Gasteiger partial charge in [0.1, 0.15) is 6.07 Å². The zero-order chi connectivity index (χ0) is 18.2. The average Bonchev–Trinajstić information content (AvgIpc) is 2.90. The number of nitrogens with zero attached hydrogens (tertiary/aromatic N) is 3. The molecular weight excluding hydrogens is 324 g/mol. The molecular formula is C21H30N4O. The lowest BCUT2D eigenvalue weighted by atomic mass is 9.97. The molecule has 1 aliphatic heterocycles. The molecule has 2 fully saturated rings. The van der Waals surface area contributed by atoms with Crippen LogP contribution < -0.4 is 10.2 Å². The number of anilines is 1. The molecule has 1 saturated carbocycles. The Hall–Kier alpha value is -2.22. The van der Waals surface area contributed by atoms with Gasteiger partial charge < -0.3 is 15.1 Å². The highest BCUT2D eigenvalue weighted by Crippen LogP contribution is 2.21. The normalized spacial score (nSPS) is 19.8. The summed E-state index contributed by atoms with van der Waals surface area (Å²) in [5.74, 6) is 0. The number of amides is 2. The Morgan fingerprint density at radius 1 is 0.962 bits per heavy atom. The molecule has 3 rings (SSSR count). The number of para-hydroxylation sites is 1. The van der Waals surface area contributed by atoms with E-state index in [1.807, 2.05) is 29.2 Å². The van der Waals surface area contributed by atoms with Gasteiger partial charge in [-0.15, -0.1) is 0 Å². The predicted octanol–water partition coefficient (Wildman–Crippen LogP) is 3.89. The Labute approximate surface area is 157 Å². The van der Waals surface area contributed by atoms with Crippen LogP contribution in [0.1, 0.15) is 56.9 Å². The maximum Gasteiger partial charge on any atom is 0.317 e. The minimum atomic E-state index is 0.0889. The summed E-state index contributed by atoms with van der Waals surface area (Å²) >= 11 is 0. The van der Waals surface area contributed by atoms with E-state index in [2.05, 4.69) is 16.3 Å². The van der Waals surface area contributed by atoms with Crippen molar-refractivity contribution in [1.29, 1.82) is 5.26 Å².